The number of hydrogen-bond acceptors (Lipinski definition) is 2. The predicted molar refractivity (Wildman–Crippen MR) is 83.6 cm³/mol. The Bertz CT molecular complexity index is 518. The van der Waals surface area contributed by atoms with E-state index < -0.39 is 23.5 Å². The second-order valence-electron chi connectivity index (χ2n) is 6.52. The van der Waals surface area contributed by atoms with Gasteiger partial charge in [0.15, 0.2) is 0 Å². The van der Waals surface area contributed by atoms with E-state index in [0.29, 0.717) is 11.6 Å². The van der Waals surface area contributed by atoms with Gasteiger partial charge in [-0.05, 0) is 29.0 Å². The number of aliphatic carboxylic acids is 1. The predicted octanol–water partition coefficient (Wildman–Crippen LogP) is 3.43. The van der Waals surface area contributed by atoms with E-state index in [-0.39, 0.29) is 0 Å². The highest BCUT2D eigenvalue weighted by Gasteiger charge is 2.32. The quantitative estimate of drug-likeness (QED) is 0.795. The van der Waals surface area contributed by atoms with Crippen LogP contribution < -0.4 is 10.6 Å². The number of carboxylic acid groups (broad SMARTS) is 1. The van der Waals surface area contributed by atoms with Crippen molar-refractivity contribution in [3.05, 3.63) is 29.8 Å². The molecule has 0 aromatic heterocycles. The van der Waals surface area contributed by atoms with E-state index in [1.165, 1.54) is 0 Å². The number of benzene rings is 1. The molecule has 5 heteroatoms. The molecule has 1 atom stereocenters. The number of carbonyl (C=O) groups is 2. The molecule has 1 unspecified atom stereocenters. The van der Waals surface area contributed by atoms with Gasteiger partial charge >= 0.3 is 12.0 Å². The Balaban J connectivity index is 2.77. The van der Waals surface area contributed by atoms with Crippen molar-refractivity contribution in [1.82, 2.24) is 5.32 Å². The van der Waals surface area contributed by atoms with Crippen LogP contribution in [0.2, 0.25) is 0 Å². The van der Waals surface area contributed by atoms with E-state index in [1.54, 1.807) is 26.8 Å². The Morgan fingerprint density at radius 2 is 1.81 bits per heavy atom. The number of amides is 2. The van der Waals surface area contributed by atoms with Gasteiger partial charge in [0.2, 0.25) is 0 Å². The molecule has 0 bridgehead atoms. The highest BCUT2D eigenvalue weighted by atomic mass is 16.4. The third kappa shape index (κ3) is 5.10. The van der Waals surface area contributed by atoms with Gasteiger partial charge in [-0.3, -0.25) is 0 Å². The van der Waals surface area contributed by atoms with Crippen LogP contribution in [0.3, 0.4) is 0 Å². The molecule has 3 N–H and O–H groups in total. The number of anilines is 1. The topological polar surface area (TPSA) is 78.4 Å². The maximum atomic E-state index is 12.0. The van der Waals surface area contributed by atoms with Gasteiger partial charge in [0.1, 0.15) is 6.04 Å². The molecule has 1 aromatic carbocycles. The van der Waals surface area contributed by atoms with Gasteiger partial charge in [-0.15, -0.1) is 0 Å². The van der Waals surface area contributed by atoms with E-state index in [1.807, 2.05) is 18.2 Å². The summed E-state index contributed by atoms with van der Waals surface area (Å²) in [7, 11) is 0. The second-order valence-corrected chi connectivity index (χ2v) is 6.52. The number of carboxylic acids is 1. The molecule has 2 amide bonds. The van der Waals surface area contributed by atoms with Gasteiger partial charge in [0.25, 0.3) is 0 Å². The molecular weight excluding hydrogens is 268 g/mol. The number of hydrogen-bond donors (Lipinski definition) is 3. The summed E-state index contributed by atoms with van der Waals surface area (Å²) >= 11 is 0. The van der Waals surface area contributed by atoms with Crippen molar-refractivity contribution in [2.24, 2.45) is 5.41 Å². The minimum atomic E-state index is -1.05. The first-order chi connectivity index (χ1) is 9.61. The molecule has 0 heterocycles. The normalized spacial score (nSPS) is 12.9. The van der Waals surface area contributed by atoms with Crippen LogP contribution in [-0.4, -0.2) is 23.1 Å². The smallest absolute Gasteiger partial charge is 0.326 e. The van der Waals surface area contributed by atoms with E-state index in [4.69, 9.17) is 0 Å². The summed E-state index contributed by atoms with van der Waals surface area (Å²) in [6, 6.07) is 6.05. The third-order valence-electron chi connectivity index (χ3n) is 3.20. The summed E-state index contributed by atoms with van der Waals surface area (Å²) in [6.45, 7) is 9.45. The van der Waals surface area contributed by atoms with Gasteiger partial charge in [-0.1, -0.05) is 46.8 Å². The third-order valence-corrected chi connectivity index (χ3v) is 3.20. The van der Waals surface area contributed by atoms with Gasteiger partial charge in [-0.2, -0.15) is 0 Å². The molecule has 1 aromatic rings. The molecule has 21 heavy (non-hydrogen) atoms. The van der Waals surface area contributed by atoms with Crippen LogP contribution in [0, 0.1) is 5.41 Å². The zero-order chi connectivity index (χ0) is 16.2. The first-order valence-corrected chi connectivity index (χ1v) is 7.01. The van der Waals surface area contributed by atoms with Gasteiger partial charge < -0.3 is 15.7 Å². The van der Waals surface area contributed by atoms with Crippen molar-refractivity contribution >= 4 is 17.7 Å². The zero-order valence-electron chi connectivity index (χ0n) is 13.2. The monoisotopic (exact) mass is 292 g/mol. The van der Waals surface area contributed by atoms with Crippen LogP contribution in [0.15, 0.2) is 24.3 Å². The lowest BCUT2D eigenvalue weighted by Crippen LogP contribution is -2.50. The van der Waals surface area contributed by atoms with E-state index >= 15 is 0 Å². The largest absolute Gasteiger partial charge is 0.480 e. The van der Waals surface area contributed by atoms with Crippen LogP contribution in [0.4, 0.5) is 10.5 Å². The summed E-state index contributed by atoms with van der Waals surface area (Å²) in [5, 5.41) is 14.4. The summed E-state index contributed by atoms with van der Waals surface area (Å²) in [6.07, 6.45) is 0. The van der Waals surface area contributed by atoms with E-state index in [0.717, 1.165) is 5.56 Å². The zero-order valence-corrected chi connectivity index (χ0v) is 13.2. The van der Waals surface area contributed by atoms with E-state index in [9.17, 15) is 14.7 Å². The molecule has 5 nitrogen and oxygen atoms in total. The van der Waals surface area contributed by atoms with Crippen molar-refractivity contribution < 1.29 is 14.7 Å². The molecule has 0 aliphatic carbocycles. The first kappa shape index (κ1) is 17.0. The lowest BCUT2D eigenvalue weighted by atomic mass is 9.87. The van der Waals surface area contributed by atoms with Crippen molar-refractivity contribution in [1.29, 1.82) is 0 Å². The fourth-order valence-corrected chi connectivity index (χ4v) is 1.92. The lowest BCUT2D eigenvalue weighted by molar-refractivity contribution is -0.141. The van der Waals surface area contributed by atoms with Crippen molar-refractivity contribution in [2.75, 3.05) is 5.32 Å². The molecular formula is C16H24N2O3. The Morgan fingerprint density at radius 3 is 2.29 bits per heavy atom. The summed E-state index contributed by atoms with van der Waals surface area (Å²) in [5.74, 6) is -0.690. The molecule has 0 radical (unpaired) electrons. The van der Waals surface area contributed by atoms with Crippen molar-refractivity contribution in [3.8, 4) is 0 Å². The molecule has 0 fully saturated rings. The maximum absolute atomic E-state index is 12.0. The molecule has 0 aliphatic heterocycles. The Labute approximate surface area is 125 Å². The van der Waals surface area contributed by atoms with Gasteiger partial charge in [-0.25, -0.2) is 9.59 Å². The van der Waals surface area contributed by atoms with Crippen LogP contribution in [0.5, 0.6) is 0 Å². The molecule has 0 aliphatic rings. The standard InChI is InChI=1S/C16H24N2O3/c1-10(2)11-7-6-8-12(9-11)17-15(21)18-13(14(19)20)16(3,4)5/h6-10,13H,1-5H3,(H,19,20)(H2,17,18,21). The molecule has 0 saturated heterocycles. The van der Waals surface area contributed by atoms with Crippen molar-refractivity contribution in [2.45, 2.75) is 46.6 Å². The Kier molecular flexibility index (Phi) is 5.35. The van der Waals surface area contributed by atoms with Crippen LogP contribution in [0.25, 0.3) is 0 Å². The first-order valence-electron chi connectivity index (χ1n) is 7.01. The van der Waals surface area contributed by atoms with Gasteiger partial charge in [0, 0.05) is 5.69 Å². The van der Waals surface area contributed by atoms with Gasteiger partial charge in [0.05, 0.1) is 0 Å². The van der Waals surface area contributed by atoms with Crippen LogP contribution in [-0.2, 0) is 4.79 Å². The fraction of sp³-hybridized carbons (Fsp3) is 0.500. The molecule has 116 valence electrons. The summed E-state index contributed by atoms with van der Waals surface area (Å²) < 4.78 is 0. The molecule has 1 rings (SSSR count). The number of carbonyl (C=O) groups excluding carboxylic acids is 1. The Morgan fingerprint density at radius 1 is 1.19 bits per heavy atom. The minimum absolute atomic E-state index is 0.358. The highest BCUT2D eigenvalue weighted by molar-refractivity contribution is 5.92. The molecule has 0 spiro atoms. The second kappa shape index (κ2) is 6.61. The lowest BCUT2D eigenvalue weighted by Gasteiger charge is -2.27. The minimum Gasteiger partial charge on any atom is -0.480 e. The Hall–Kier alpha value is -2.04. The number of rotatable bonds is 4. The molecule has 0 saturated carbocycles. The summed E-state index contributed by atoms with van der Waals surface area (Å²) in [5.41, 5.74) is 1.19. The van der Waals surface area contributed by atoms with Crippen LogP contribution in [0.1, 0.15) is 46.1 Å². The maximum Gasteiger partial charge on any atom is 0.326 e. The average Bonchev–Trinajstić information content (AvgIpc) is 2.34. The number of nitrogens with one attached hydrogen (secondary N) is 2. The fourth-order valence-electron chi connectivity index (χ4n) is 1.92. The SMILES string of the molecule is CC(C)c1cccc(NC(=O)NC(C(=O)O)C(C)(C)C)c1. The number of urea groups is 1. The average molecular weight is 292 g/mol. The summed E-state index contributed by atoms with van der Waals surface area (Å²) in [4.78, 5) is 23.2. The van der Waals surface area contributed by atoms with Crippen LogP contribution >= 0.6 is 0 Å². The van der Waals surface area contributed by atoms with Crippen molar-refractivity contribution in [3.63, 3.8) is 0 Å². The highest BCUT2D eigenvalue weighted by Crippen LogP contribution is 2.21. The van der Waals surface area contributed by atoms with E-state index in [2.05, 4.69) is 24.5 Å².